The Bertz CT molecular complexity index is 614. The molecule has 0 N–H and O–H groups in total. The molecule has 1 aromatic rings. The topological polar surface area (TPSA) is 71.0 Å². The monoisotopic (exact) mass is 361 g/mol. The van der Waals surface area contributed by atoms with Crippen molar-refractivity contribution >= 4 is 11.7 Å². The minimum Gasteiger partial charge on any atom is -0.353 e. The van der Waals surface area contributed by atoms with E-state index in [-0.39, 0.29) is 5.91 Å². The smallest absolute Gasteiger partial charge is 0.274 e. The number of piperazine rings is 1. The summed E-state index contributed by atoms with van der Waals surface area (Å²) in [4.78, 5) is 28.0. The van der Waals surface area contributed by atoms with Crippen LogP contribution in [0.15, 0.2) is 12.4 Å². The van der Waals surface area contributed by atoms with Gasteiger partial charge in [0.25, 0.3) is 5.91 Å². The summed E-state index contributed by atoms with van der Waals surface area (Å²) in [6.07, 6.45) is 4.76. The van der Waals surface area contributed by atoms with E-state index in [4.69, 9.17) is 9.47 Å². The van der Waals surface area contributed by atoms with Gasteiger partial charge in [0.15, 0.2) is 5.79 Å². The van der Waals surface area contributed by atoms with Crippen molar-refractivity contribution in [2.24, 2.45) is 0 Å². The quantitative estimate of drug-likeness (QED) is 0.781. The number of hydrogen-bond donors (Lipinski definition) is 0. The number of piperidine rings is 1. The fourth-order valence-corrected chi connectivity index (χ4v) is 3.89. The number of ether oxygens (including phenoxy) is 2. The van der Waals surface area contributed by atoms with Gasteiger partial charge >= 0.3 is 0 Å². The molecule has 0 radical (unpaired) electrons. The number of hydrogen-bond acceptors (Lipinski definition) is 7. The van der Waals surface area contributed by atoms with Gasteiger partial charge in [-0.05, 0) is 6.54 Å². The van der Waals surface area contributed by atoms with E-state index in [2.05, 4.69) is 26.7 Å². The minimum atomic E-state index is -0.465. The van der Waals surface area contributed by atoms with Crippen LogP contribution >= 0.6 is 0 Å². The molecule has 4 rings (SSSR count). The molecule has 0 bridgehead atoms. The second-order valence-corrected chi connectivity index (χ2v) is 7.08. The van der Waals surface area contributed by atoms with Crippen molar-refractivity contribution in [2.45, 2.75) is 25.6 Å². The molecule has 1 spiro atoms. The molecular weight excluding hydrogens is 334 g/mol. The number of likely N-dealkylation sites (N-methyl/N-ethyl adjacent to an activating group) is 1. The van der Waals surface area contributed by atoms with Crippen molar-refractivity contribution < 1.29 is 14.3 Å². The van der Waals surface area contributed by atoms with E-state index in [1.807, 2.05) is 4.90 Å². The first-order valence-corrected chi connectivity index (χ1v) is 9.56. The molecule has 26 heavy (non-hydrogen) atoms. The third-order valence-electron chi connectivity index (χ3n) is 5.63. The molecular formula is C18H27N5O3. The fraction of sp³-hybridized carbons (Fsp3) is 0.722. The Kier molecular flexibility index (Phi) is 5.06. The van der Waals surface area contributed by atoms with Gasteiger partial charge in [0, 0.05) is 52.1 Å². The van der Waals surface area contributed by atoms with E-state index in [0.29, 0.717) is 44.8 Å². The van der Waals surface area contributed by atoms with Gasteiger partial charge in [-0.3, -0.25) is 4.79 Å². The molecule has 3 fully saturated rings. The molecule has 3 aliphatic heterocycles. The fourth-order valence-electron chi connectivity index (χ4n) is 3.89. The van der Waals surface area contributed by atoms with Gasteiger partial charge in [-0.25, -0.2) is 9.97 Å². The molecule has 8 heteroatoms. The lowest BCUT2D eigenvalue weighted by Crippen LogP contribution is -2.47. The molecule has 0 aromatic carbocycles. The van der Waals surface area contributed by atoms with Crippen LogP contribution in [-0.4, -0.2) is 90.5 Å². The first kappa shape index (κ1) is 17.6. The number of rotatable bonds is 3. The van der Waals surface area contributed by atoms with E-state index < -0.39 is 5.79 Å². The summed E-state index contributed by atoms with van der Waals surface area (Å²) < 4.78 is 11.4. The normalized spacial score (nSPS) is 23.6. The number of likely N-dealkylation sites (tertiary alicyclic amines) is 1. The number of carbonyl (C=O) groups excluding carboxylic acids is 1. The van der Waals surface area contributed by atoms with Crippen molar-refractivity contribution in [1.82, 2.24) is 19.8 Å². The van der Waals surface area contributed by atoms with Gasteiger partial charge in [-0.15, -0.1) is 0 Å². The lowest BCUT2D eigenvalue weighted by atomic mass is 10.0. The molecule has 0 aliphatic carbocycles. The van der Waals surface area contributed by atoms with E-state index in [0.717, 1.165) is 38.5 Å². The van der Waals surface area contributed by atoms with Crippen LogP contribution in [0.5, 0.6) is 0 Å². The van der Waals surface area contributed by atoms with Crippen LogP contribution in [0.2, 0.25) is 0 Å². The van der Waals surface area contributed by atoms with Crippen molar-refractivity contribution in [1.29, 1.82) is 0 Å². The van der Waals surface area contributed by atoms with E-state index in [1.54, 1.807) is 12.4 Å². The maximum absolute atomic E-state index is 12.7. The number of amides is 1. The third kappa shape index (κ3) is 3.54. The zero-order chi connectivity index (χ0) is 18.0. The Morgan fingerprint density at radius 1 is 1.04 bits per heavy atom. The molecule has 0 atom stereocenters. The SMILES string of the molecule is CCN1CCN(c2cnc(C(=O)N3CCC4(CC3)OCCO4)cn2)CC1. The highest BCUT2D eigenvalue weighted by Gasteiger charge is 2.41. The van der Waals surface area contributed by atoms with Crippen molar-refractivity contribution in [3.63, 3.8) is 0 Å². The van der Waals surface area contributed by atoms with Crippen LogP contribution in [-0.2, 0) is 9.47 Å². The lowest BCUT2D eigenvalue weighted by Gasteiger charge is -2.37. The van der Waals surface area contributed by atoms with Gasteiger partial charge in [-0.2, -0.15) is 0 Å². The standard InChI is InChI=1S/C18H27N5O3/c1-2-21-7-9-22(10-8-21)16-14-19-15(13-20-16)17(24)23-5-3-18(4-6-23)25-11-12-26-18/h13-14H,2-12H2,1H3. The van der Waals surface area contributed by atoms with Gasteiger partial charge < -0.3 is 24.2 Å². The maximum Gasteiger partial charge on any atom is 0.274 e. The number of aromatic nitrogens is 2. The average Bonchev–Trinajstić information content (AvgIpc) is 3.16. The zero-order valence-corrected chi connectivity index (χ0v) is 15.4. The van der Waals surface area contributed by atoms with Gasteiger partial charge in [0.2, 0.25) is 0 Å². The third-order valence-corrected chi connectivity index (χ3v) is 5.63. The average molecular weight is 361 g/mol. The largest absolute Gasteiger partial charge is 0.353 e. The number of carbonyl (C=O) groups is 1. The second kappa shape index (κ2) is 7.46. The van der Waals surface area contributed by atoms with E-state index >= 15 is 0 Å². The van der Waals surface area contributed by atoms with Gasteiger partial charge in [0.05, 0.1) is 25.6 Å². The Morgan fingerprint density at radius 2 is 1.73 bits per heavy atom. The molecule has 1 aromatic heterocycles. The lowest BCUT2D eigenvalue weighted by molar-refractivity contribution is -0.181. The van der Waals surface area contributed by atoms with Crippen LogP contribution in [0, 0.1) is 0 Å². The molecule has 1 amide bonds. The van der Waals surface area contributed by atoms with Crippen molar-refractivity contribution in [3.05, 3.63) is 18.1 Å². The maximum atomic E-state index is 12.7. The Hall–Kier alpha value is -1.77. The van der Waals surface area contributed by atoms with Crippen LogP contribution < -0.4 is 4.90 Å². The first-order valence-electron chi connectivity index (χ1n) is 9.56. The molecule has 0 unspecified atom stereocenters. The van der Waals surface area contributed by atoms with Crippen LogP contribution in [0.4, 0.5) is 5.82 Å². The van der Waals surface area contributed by atoms with Crippen molar-refractivity contribution in [2.75, 3.05) is 63.9 Å². The predicted octanol–water partition coefficient (Wildman–Crippen LogP) is 0.598. The van der Waals surface area contributed by atoms with Crippen LogP contribution in [0.1, 0.15) is 30.3 Å². The molecule has 4 heterocycles. The zero-order valence-electron chi connectivity index (χ0n) is 15.4. The Balaban J connectivity index is 1.34. The van der Waals surface area contributed by atoms with Crippen LogP contribution in [0.25, 0.3) is 0 Å². The van der Waals surface area contributed by atoms with E-state index in [1.165, 1.54) is 0 Å². The highest BCUT2D eigenvalue weighted by atomic mass is 16.7. The van der Waals surface area contributed by atoms with Gasteiger partial charge in [0.1, 0.15) is 11.5 Å². The molecule has 142 valence electrons. The highest BCUT2D eigenvalue weighted by Crippen LogP contribution is 2.31. The summed E-state index contributed by atoms with van der Waals surface area (Å²) in [7, 11) is 0. The molecule has 0 saturated carbocycles. The Morgan fingerprint density at radius 3 is 2.31 bits per heavy atom. The molecule has 8 nitrogen and oxygen atoms in total. The molecule has 3 aliphatic rings. The summed E-state index contributed by atoms with van der Waals surface area (Å²) in [6, 6.07) is 0. The Labute approximate surface area is 154 Å². The van der Waals surface area contributed by atoms with Gasteiger partial charge in [-0.1, -0.05) is 6.92 Å². The molecule has 3 saturated heterocycles. The summed E-state index contributed by atoms with van der Waals surface area (Å²) in [5, 5.41) is 0. The summed E-state index contributed by atoms with van der Waals surface area (Å²) in [5.41, 5.74) is 0.408. The van der Waals surface area contributed by atoms with E-state index in [9.17, 15) is 4.79 Å². The number of nitrogens with zero attached hydrogens (tertiary/aromatic N) is 5. The summed E-state index contributed by atoms with van der Waals surface area (Å²) in [6.45, 7) is 9.79. The van der Waals surface area contributed by atoms with Crippen LogP contribution in [0.3, 0.4) is 0 Å². The number of anilines is 1. The van der Waals surface area contributed by atoms with Crippen molar-refractivity contribution in [3.8, 4) is 0 Å². The minimum absolute atomic E-state index is 0.0623. The second-order valence-electron chi connectivity index (χ2n) is 7.08. The summed E-state index contributed by atoms with van der Waals surface area (Å²) in [5.74, 6) is 0.322. The first-order chi connectivity index (χ1) is 12.7. The predicted molar refractivity (Wildman–Crippen MR) is 96.1 cm³/mol. The summed E-state index contributed by atoms with van der Waals surface area (Å²) >= 11 is 0. The highest BCUT2D eigenvalue weighted by molar-refractivity contribution is 5.92.